The molecule has 0 radical (unpaired) electrons. The Morgan fingerprint density at radius 3 is 2.09 bits per heavy atom. The van der Waals surface area contributed by atoms with Crippen LogP contribution in [0, 0.1) is 19.8 Å². The Balaban J connectivity index is 0.00000232. The summed E-state index contributed by atoms with van der Waals surface area (Å²) in [6.07, 6.45) is 0.420. The first kappa shape index (κ1) is 21.4. The van der Waals surface area contributed by atoms with Gasteiger partial charge in [-0.25, -0.2) is 0 Å². The first-order valence-corrected chi connectivity index (χ1v) is 8.37. The lowest BCUT2D eigenvalue weighted by Crippen LogP contribution is -2.25. The lowest BCUT2D eigenvalue weighted by atomic mass is 9.77. The second kappa shape index (κ2) is 8.85. The van der Waals surface area contributed by atoms with Crippen molar-refractivity contribution in [2.24, 2.45) is 5.92 Å². The number of esters is 1. The van der Waals surface area contributed by atoms with Gasteiger partial charge in [-0.15, -0.1) is 0 Å². The third-order valence-electron chi connectivity index (χ3n) is 3.49. The molecular weight excluding hydrogens is 288 g/mol. The SMILES string of the molecule is CC.CC(=O)CC(C)(C)c1c(C)cc(C)cc1OC(=O)C(C)C. The number of carbonyl (C=O) groups is 2. The van der Waals surface area contributed by atoms with Crippen LogP contribution < -0.4 is 4.74 Å². The molecule has 1 aromatic rings. The summed E-state index contributed by atoms with van der Waals surface area (Å²) in [5, 5.41) is 0. The number of hydrogen-bond donors (Lipinski definition) is 0. The number of hydrogen-bond acceptors (Lipinski definition) is 3. The smallest absolute Gasteiger partial charge is 0.313 e. The van der Waals surface area contributed by atoms with Crippen LogP contribution in [0.2, 0.25) is 0 Å². The second-order valence-corrected chi connectivity index (χ2v) is 6.79. The van der Waals surface area contributed by atoms with Crippen molar-refractivity contribution in [2.75, 3.05) is 0 Å². The van der Waals surface area contributed by atoms with Crippen LogP contribution in [0.15, 0.2) is 12.1 Å². The van der Waals surface area contributed by atoms with Crippen molar-refractivity contribution >= 4 is 11.8 Å². The van der Waals surface area contributed by atoms with Gasteiger partial charge in [0.2, 0.25) is 0 Å². The molecule has 1 rings (SSSR count). The summed E-state index contributed by atoms with van der Waals surface area (Å²) >= 11 is 0. The zero-order valence-corrected chi connectivity index (χ0v) is 16.2. The average Bonchev–Trinajstić information content (AvgIpc) is 2.37. The summed E-state index contributed by atoms with van der Waals surface area (Å²) < 4.78 is 5.59. The Morgan fingerprint density at radius 1 is 1.13 bits per heavy atom. The van der Waals surface area contributed by atoms with Gasteiger partial charge in [0.1, 0.15) is 11.5 Å². The van der Waals surface area contributed by atoms with Gasteiger partial charge in [-0.2, -0.15) is 0 Å². The number of Topliss-reactive ketones (excluding diaryl/α,β-unsaturated/α-hetero) is 1. The van der Waals surface area contributed by atoms with Crippen LogP contribution in [0.1, 0.15) is 71.6 Å². The quantitative estimate of drug-likeness (QED) is 0.557. The normalized spacial score (nSPS) is 10.9. The molecule has 0 atom stereocenters. The summed E-state index contributed by atoms with van der Waals surface area (Å²) in [7, 11) is 0. The van der Waals surface area contributed by atoms with Crippen molar-refractivity contribution in [1.82, 2.24) is 0 Å². The maximum atomic E-state index is 11.9. The van der Waals surface area contributed by atoms with E-state index in [0.29, 0.717) is 12.2 Å². The molecule has 0 amide bonds. The van der Waals surface area contributed by atoms with Gasteiger partial charge in [0, 0.05) is 17.4 Å². The van der Waals surface area contributed by atoms with E-state index in [0.717, 1.165) is 16.7 Å². The van der Waals surface area contributed by atoms with Gasteiger partial charge in [-0.1, -0.05) is 47.6 Å². The molecule has 130 valence electrons. The maximum Gasteiger partial charge on any atom is 0.313 e. The molecule has 0 spiro atoms. The largest absolute Gasteiger partial charge is 0.426 e. The van der Waals surface area contributed by atoms with E-state index in [1.165, 1.54) is 0 Å². The number of carbonyl (C=O) groups excluding carboxylic acids is 2. The minimum Gasteiger partial charge on any atom is -0.426 e. The Bertz CT molecular complexity index is 554. The average molecular weight is 320 g/mol. The lowest BCUT2D eigenvalue weighted by molar-refractivity contribution is -0.137. The molecular formula is C20H32O3. The van der Waals surface area contributed by atoms with Crippen LogP contribution in [0.4, 0.5) is 0 Å². The minimum absolute atomic E-state index is 0.126. The third kappa shape index (κ3) is 6.17. The van der Waals surface area contributed by atoms with Crippen molar-refractivity contribution < 1.29 is 14.3 Å². The minimum atomic E-state index is -0.365. The van der Waals surface area contributed by atoms with Gasteiger partial charge >= 0.3 is 5.97 Å². The van der Waals surface area contributed by atoms with E-state index in [2.05, 4.69) is 6.07 Å². The summed E-state index contributed by atoms with van der Waals surface area (Å²) in [4.78, 5) is 23.5. The molecule has 0 heterocycles. The highest BCUT2D eigenvalue weighted by Gasteiger charge is 2.29. The van der Waals surface area contributed by atoms with E-state index in [9.17, 15) is 9.59 Å². The number of aryl methyl sites for hydroxylation is 2. The Hall–Kier alpha value is -1.64. The van der Waals surface area contributed by atoms with Crippen LogP contribution in [0.3, 0.4) is 0 Å². The van der Waals surface area contributed by atoms with E-state index < -0.39 is 0 Å². The molecule has 0 aliphatic rings. The van der Waals surface area contributed by atoms with Crippen LogP contribution >= 0.6 is 0 Å². The standard InChI is InChI=1S/C18H26O3.C2H6/c1-11(2)17(20)21-15-9-12(3)8-13(4)16(15)18(6,7)10-14(5)19;1-2/h8-9,11H,10H2,1-7H3;1-2H3. The Labute approximate surface area is 141 Å². The van der Waals surface area contributed by atoms with Gasteiger partial charge in [0.15, 0.2) is 0 Å². The highest BCUT2D eigenvalue weighted by atomic mass is 16.5. The van der Waals surface area contributed by atoms with Crippen molar-refractivity contribution in [3.63, 3.8) is 0 Å². The molecule has 1 aromatic carbocycles. The molecule has 3 heteroatoms. The highest BCUT2D eigenvalue weighted by Crippen LogP contribution is 2.38. The summed E-state index contributed by atoms with van der Waals surface area (Å²) in [5.74, 6) is 0.271. The second-order valence-electron chi connectivity index (χ2n) is 6.79. The van der Waals surface area contributed by atoms with Crippen LogP contribution in [-0.2, 0) is 15.0 Å². The molecule has 0 bridgehead atoms. The Morgan fingerprint density at radius 2 is 1.65 bits per heavy atom. The highest BCUT2D eigenvalue weighted by molar-refractivity contribution is 5.78. The molecule has 0 aromatic heterocycles. The van der Waals surface area contributed by atoms with E-state index in [1.54, 1.807) is 6.92 Å². The molecule has 0 aliphatic heterocycles. The Kier molecular flexibility index (Phi) is 8.22. The molecule has 0 saturated carbocycles. The predicted molar refractivity (Wildman–Crippen MR) is 96.1 cm³/mol. The lowest BCUT2D eigenvalue weighted by Gasteiger charge is -2.28. The number of ether oxygens (including phenoxy) is 1. The van der Waals surface area contributed by atoms with E-state index >= 15 is 0 Å². The van der Waals surface area contributed by atoms with Gasteiger partial charge in [0.05, 0.1) is 5.92 Å². The zero-order valence-electron chi connectivity index (χ0n) is 16.2. The van der Waals surface area contributed by atoms with Gasteiger partial charge in [-0.05, 0) is 38.0 Å². The fourth-order valence-corrected chi connectivity index (χ4v) is 2.81. The van der Waals surface area contributed by atoms with Crippen LogP contribution in [-0.4, -0.2) is 11.8 Å². The van der Waals surface area contributed by atoms with Crippen molar-refractivity contribution in [3.05, 3.63) is 28.8 Å². The van der Waals surface area contributed by atoms with Gasteiger partial charge < -0.3 is 4.74 Å². The molecule has 3 nitrogen and oxygen atoms in total. The summed E-state index contributed by atoms with van der Waals surface area (Å²) in [5.41, 5.74) is 2.67. The van der Waals surface area contributed by atoms with Crippen molar-refractivity contribution in [3.8, 4) is 5.75 Å². The molecule has 0 aliphatic carbocycles. The van der Waals surface area contributed by atoms with E-state index in [1.807, 2.05) is 61.5 Å². The van der Waals surface area contributed by atoms with Crippen molar-refractivity contribution in [2.45, 2.75) is 74.1 Å². The summed E-state index contributed by atoms with van der Waals surface area (Å²) in [6, 6.07) is 3.94. The topological polar surface area (TPSA) is 43.4 Å². The van der Waals surface area contributed by atoms with Crippen molar-refractivity contribution in [1.29, 1.82) is 0 Å². The molecule has 0 saturated heterocycles. The monoisotopic (exact) mass is 320 g/mol. The van der Waals surface area contributed by atoms with Crippen LogP contribution in [0.25, 0.3) is 0 Å². The van der Waals surface area contributed by atoms with Crippen LogP contribution in [0.5, 0.6) is 5.75 Å². The zero-order chi connectivity index (χ0) is 18.4. The fourth-order valence-electron chi connectivity index (χ4n) is 2.81. The third-order valence-corrected chi connectivity index (χ3v) is 3.49. The first-order chi connectivity index (χ1) is 10.5. The number of rotatable bonds is 5. The predicted octanol–water partition coefficient (Wildman–Crippen LogP) is 5.15. The van der Waals surface area contributed by atoms with Gasteiger partial charge in [0.25, 0.3) is 0 Å². The molecule has 0 N–H and O–H groups in total. The number of benzene rings is 1. The number of ketones is 1. The first-order valence-electron chi connectivity index (χ1n) is 8.37. The molecule has 0 unspecified atom stereocenters. The molecule has 0 fully saturated rings. The summed E-state index contributed by atoms with van der Waals surface area (Å²) in [6.45, 7) is 17.2. The molecule has 23 heavy (non-hydrogen) atoms. The maximum absolute atomic E-state index is 11.9. The van der Waals surface area contributed by atoms with Gasteiger partial charge in [-0.3, -0.25) is 9.59 Å². The fraction of sp³-hybridized carbons (Fsp3) is 0.600. The van der Waals surface area contributed by atoms with E-state index in [4.69, 9.17) is 4.74 Å². The van der Waals surface area contributed by atoms with E-state index in [-0.39, 0.29) is 23.1 Å².